The Morgan fingerprint density at radius 2 is 0.918 bits per heavy atom. The summed E-state index contributed by atoms with van der Waals surface area (Å²) in [7, 11) is 0. The highest BCUT2D eigenvalue weighted by Crippen LogP contribution is 2.32. The zero-order valence-electron chi connectivity index (χ0n) is 25.3. The molecule has 5 rings (SSSR count). The lowest BCUT2D eigenvalue weighted by molar-refractivity contribution is -0.379. The predicted octanol–water partition coefficient (Wildman–Crippen LogP) is -9.28. The molecule has 23 heteroatoms. The lowest BCUT2D eigenvalue weighted by atomic mass is 9.98. The molecule has 49 heavy (non-hydrogen) atoms. The lowest BCUT2D eigenvalue weighted by Gasteiger charge is -2.47. The molecule has 284 valence electrons. The van der Waals surface area contributed by atoms with E-state index >= 15 is 0 Å². The van der Waals surface area contributed by atoms with Gasteiger partial charge in [0, 0.05) is 0 Å². The van der Waals surface area contributed by atoms with E-state index in [0.717, 1.165) is 0 Å². The second-order valence-electron chi connectivity index (χ2n) is 12.2. The number of aliphatic carboxylic acids is 1. The van der Waals surface area contributed by atoms with Crippen molar-refractivity contribution in [2.45, 2.75) is 129 Å². The van der Waals surface area contributed by atoms with Crippen molar-refractivity contribution in [3.8, 4) is 0 Å². The minimum atomic E-state index is -2.06. The second kappa shape index (κ2) is 16.1. The summed E-state index contributed by atoms with van der Waals surface area (Å²) in [4.78, 5) is 11.4. The monoisotopic (exact) mass is 722 g/mol. The Labute approximate surface area is 275 Å². The van der Waals surface area contributed by atoms with Crippen LogP contribution in [0.5, 0.6) is 0 Å². The summed E-state index contributed by atoms with van der Waals surface area (Å²) in [6.07, 6.45) is -37.2. The quantitative estimate of drug-likeness (QED) is 0.105. The number of rotatable bonds is 9. The Kier molecular flexibility index (Phi) is 12.8. The molecule has 21 atom stereocenters. The van der Waals surface area contributed by atoms with Crippen LogP contribution in [-0.4, -0.2) is 228 Å². The number of aliphatic hydroxyl groups excluding tert-OH is 12. The lowest BCUT2D eigenvalue weighted by Crippen LogP contribution is -2.65. The third-order valence-corrected chi connectivity index (χ3v) is 8.76. The van der Waals surface area contributed by atoms with Crippen LogP contribution in [0, 0.1) is 0 Å². The minimum Gasteiger partial charge on any atom is -0.479 e. The topological polar surface area (TPSA) is 363 Å². The van der Waals surface area contributed by atoms with Gasteiger partial charge in [-0.2, -0.15) is 0 Å². The summed E-state index contributed by atoms with van der Waals surface area (Å²) in [5, 5.41) is 133. The van der Waals surface area contributed by atoms with Gasteiger partial charge in [-0.1, -0.05) is 0 Å². The van der Waals surface area contributed by atoms with Crippen LogP contribution < -0.4 is 0 Å². The number of hydrogen-bond donors (Lipinski definition) is 13. The van der Waals surface area contributed by atoms with E-state index in [9.17, 15) is 71.2 Å². The van der Waals surface area contributed by atoms with Crippen molar-refractivity contribution in [2.75, 3.05) is 26.4 Å². The molecule has 5 heterocycles. The number of carbonyl (C=O) groups is 1. The second-order valence-corrected chi connectivity index (χ2v) is 12.2. The van der Waals surface area contributed by atoms with Crippen LogP contribution in [0.15, 0.2) is 0 Å². The molecular formula is C26H42O23. The van der Waals surface area contributed by atoms with E-state index in [0.29, 0.717) is 0 Å². The van der Waals surface area contributed by atoms with Gasteiger partial charge in [-0.05, 0) is 0 Å². The molecule has 0 aliphatic carbocycles. The number of carboxylic acid groups (broad SMARTS) is 1. The van der Waals surface area contributed by atoms with Crippen LogP contribution in [0.1, 0.15) is 0 Å². The van der Waals surface area contributed by atoms with Crippen molar-refractivity contribution in [1.82, 2.24) is 0 Å². The Bertz CT molecular complexity index is 1090. The van der Waals surface area contributed by atoms with E-state index < -0.39 is 162 Å². The van der Waals surface area contributed by atoms with E-state index in [2.05, 4.69) is 0 Å². The minimum absolute atomic E-state index is 0.446. The van der Waals surface area contributed by atoms with Crippen LogP contribution in [-0.2, 0) is 47.4 Å². The van der Waals surface area contributed by atoms with E-state index in [1.807, 2.05) is 0 Å². The van der Waals surface area contributed by atoms with E-state index in [1.165, 1.54) is 0 Å². The van der Waals surface area contributed by atoms with E-state index in [4.69, 9.17) is 42.6 Å². The van der Waals surface area contributed by atoms with Crippen LogP contribution in [0.25, 0.3) is 0 Å². The average Bonchev–Trinajstić information content (AvgIpc) is 3.06. The molecule has 0 saturated carbocycles. The summed E-state index contributed by atoms with van der Waals surface area (Å²) in [6, 6.07) is 0. The summed E-state index contributed by atoms with van der Waals surface area (Å²) < 4.78 is 48.8. The van der Waals surface area contributed by atoms with Gasteiger partial charge in [0.1, 0.15) is 91.6 Å². The fourth-order valence-electron chi connectivity index (χ4n) is 5.81. The van der Waals surface area contributed by atoms with Crippen molar-refractivity contribution in [3.63, 3.8) is 0 Å². The zero-order chi connectivity index (χ0) is 35.9. The first-order chi connectivity index (χ1) is 23.1. The van der Waals surface area contributed by atoms with Gasteiger partial charge in [0.05, 0.1) is 26.4 Å². The van der Waals surface area contributed by atoms with Gasteiger partial charge in [-0.25, -0.2) is 4.79 Å². The van der Waals surface area contributed by atoms with Gasteiger partial charge < -0.3 is 109 Å². The summed E-state index contributed by atoms with van der Waals surface area (Å²) >= 11 is 0. The number of hydrogen-bond acceptors (Lipinski definition) is 22. The molecule has 1 unspecified atom stereocenters. The van der Waals surface area contributed by atoms with Gasteiger partial charge in [-0.3, -0.25) is 0 Å². The normalized spacial score (nSPS) is 52.9. The van der Waals surface area contributed by atoms with E-state index in [-0.39, 0.29) is 0 Å². The molecular weight excluding hydrogens is 680 g/mol. The van der Waals surface area contributed by atoms with Gasteiger partial charge in [0.2, 0.25) is 0 Å². The highest BCUT2D eigenvalue weighted by Gasteiger charge is 2.53. The van der Waals surface area contributed by atoms with Gasteiger partial charge in [-0.15, -0.1) is 0 Å². The molecule has 0 radical (unpaired) electrons. The van der Waals surface area contributed by atoms with Crippen molar-refractivity contribution in [1.29, 1.82) is 0 Å². The predicted molar refractivity (Wildman–Crippen MR) is 143 cm³/mol. The highest BCUT2D eigenvalue weighted by atomic mass is 16.8. The Hall–Kier alpha value is -1.37. The molecule has 23 nitrogen and oxygen atoms in total. The third kappa shape index (κ3) is 8.17. The molecule has 5 fully saturated rings. The maximum Gasteiger partial charge on any atom is 0.335 e. The molecule has 0 aromatic carbocycles. The van der Waals surface area contributed by atoms with E-state index in [1.54, 1.807) is 0 Å². The smallest absolute Gasteiger partial charge is 0.335 e. The molecule has 5 aliphatic heterocycles. The first-order valence-corrected chi connectivity index (χ1v) is 15.2. The summed E-state index contributed by atoms with van der Waals surface area (Å²) in [6.45, 7) is -2.03. The van der Waals surface area contributed by atoms with Crippen LogP contribution in [0.4, 0.5) is 0 Å². The number of aliphatic hydroxyl groups is 12. The largest absolute Gasteiger partial charge is 0.479 e. The van der Waals surface area contributed by atoms with Crippen molar-refractivity contribution in [2.24, 2.45) is 0 Å². The Morgan fingerprint density at radius 1 is 0.449 bits per heavy atom. The molecule has 13 N–H and O–H groups in total. The molecule has 0 amide bonds. The zero-order valence-corrected chi connectivity index (χ0v) is 25.3. The SMILES string of the molecule is O=C(O)[C@H]1O[C@H](O[C@H]2C(O)OC[C@@H](O[C@@H]3OC[C@@H](O[C@@H]4OC[C@@H](O)[C@H](O)[C@H]4O)[C@H](O[C@@H]4OC[C@@H](O)[C@H](O)[C@H]4O)[C@H]3O)[C@@H]2O)[C@H](O)[C@@H](O)[C@@H]1O. The third-order valence-electron chi connectivity index (χ3n) is 8.76. The maximum atomic E-state index is 11.4. The van der Waals surface area contributed by atoms with Crippen LogP contribution >= 0.6 is 0 Å². The molecule has 0 bridgehead atoms. The standard InChI is InChI=1S/C26H42O23/c27-5-1-42-23(14(34)9(5)29)46-8-4-44-25(17(37)18(8)47-24-15(35)10(30)6(28)2-43-24)45-7-3-41-22(40)20(11(7)31)49-26-16(36)12(32)13(33)19(48-26)21(38)39/h5-20,22-37,40H,1-4H2,(H,38,39)/t5-,6-,7-,8-,9+,10+,11+,12+,13+,14-,15-,16-,17-,18+,19+,20-,22?,23+,24+,25+,26-/m1/s1. The number of carboxylic acids is 1. The van der Waals surface area contributed by atoms with Crippen molar-refractivity contribution < 1.29 is 114 Å². The average molecular weight is 723 g/mol. The van der Waals surface area contributed by atoms with Gasteiger partial charge in [0.15, 0.2) is 37.6 Å². The Morgan fingerprint density at radius 3 is 1.51 bits per heavy atom. The summed E-state index contributed by atoms with van der Waals surface area (Å²) in [5.74, 6) is -1.72. The fourth-order valence-corrected chi connectivity index (χ4v) is 5.81. The summed E-state index contributed by atoms with van der Waals surface area (Å²) in [5.41, 5.74) is 0. The van der Waals surface area contributed by atoms with Crippen LogP contribution in [0.2, 0.25) is 0 Å². The highest BCUT2D eigenvalue weighted by molar-refractivity contribution is 5.73. The first-order valence-electron chi connectivity index (χ1n) is 15.2. The molecule has 5 saturated heterocycles. The van der Waals surface area contributed by atoms with Crippen molar-refractivity contribution in [3.05, 3.63) is 0 Å². The number of ether oxygens (including phenoxy) is 9. The molecule has 0 aromatic rings. The molecule has 0 aromatic heterocycles. The van der Waals surface area contributed by atoms with Crippen LogP contribution in [0.3, 0.4) is 0 Å². The molecule has 5 aliphatic rings. The fraction of sp³-hybridized carbons (Fsp3) is 0.962. The maximum absolute atomic E-state index is 11.4. The van der Waals surface area contributed by atoms with Gasteiger partial charge >= 0.3 is 5.97 Å². The van der Waals surface area contributed by atoms with Gasteiger partial charge in [0.25, 0.3) is 0 Å². The van der Waals surface area contributed by atoms with Crippen molar-refractivity contribution >= 4 is 5.97 Å². The first kappa shape index (κ1) is 38.9. The molecule has 0 spiro atoms. The Balaban J connectivity index is 1.29.